The summed E-state index contributed by atoms with van der Waals surface area (Å²) in [5.74, 6) is -0.0461. The number of nitrogens with one attached hydrogen (secondary N) is 1. The van der Waals surface area contributed by atoms with Gasteiger partial charge in [-0.25, -0.2) is 0 Å². The van der Waals surface area contributed by atoms with Crippen LogP contribution < -0.4 is 5.32 Å². The monoisotopic (exact) mass is 956 g/mol. The lowest BCUT2D eigenvalue weighted by atomic mass is 10.0. The van der Waals surface area contributed by atoms with Crippen molar-refractivity contribution in [2.24, 2.45) is 0 Å². The van der Waals surface area contributed by atoms with Crippen molar-refractivity contribution in [1.82, 2.24) is 5.32 Å². The van der Waals surface area contributed by atoms with Crippen molar-refractivity contribution in [1.29, 1.82) is 0 Å². The molecule has 1 amide bonds. The second kappa shape index (κ2) is 57.7. The molecule has 6 heteroatoms. The van der Waals surface area contributed by atoms with Gasteiger partial charge in [0.15, 0.2) is 0 Å². The summed E-state index contributed by atoms with van der Waals surface area (Å²) < 4.78 is 5.46. The van der Waals surface area contributed by atoms with Crippen LogP contribution in [0.5, 0.6) is 0 Å². The lowest BCUT2D eigenvalue weighted by molar-refractivity contribution is -0.143. The summed E-state index contributed by atoms with van der Waals surface area (Å²) >= 11 is 0. The highest BCUT2D eigenvalue weighted by atomic mass is 16.5. The van der Waals surface area contributed by atoms with E-state index in [4.69, 9.17) is 4.74 Å². The fourth-order valence-electron chi connectivity index (χ4n) is 9.26. The number of allylic oxidation sites excluding steroid dienone is 6. The van der Waals surface area contributed by atoms with Crippen LogP contribution in [0.2, 0.25) is 0 Å². The quantitative estimate of drug-likeness (QED) is 0.0321. The van der Waals surface area contributed by atoms with Gasteiger partial charge in [-0.05, 0) is 77.0 Å². The second-order valence-electron chi connectivity index (χ2n) is 20.7. The number of hydrogen-bond acceptors (Lipinski definition) is 5. The summed E-state index contributed by atoms with van der Waals surface area (Å²) in [4.78, 5) is 24.5. The maximum atomic E-state index is 12.5. The molecule has 0 aliphatic rings. The molecule has 0 heterocycles. The molecule has 0 aromatic carbocycles. The van der Waals surface area contributed by atoms with Gasteiger partial charge in [-0.3, -0.25) is 9.59 Å². The second-order valence-corrected chi connectivity index (χ2v) is 20.7. The predicted molar refractivity (Wildman–Crippen MR) is 296 cm³/mol. The largest absolute Gasteiger partial charge is 0.466 e. The highest BCUT2D eigenvalue weighted by Gasteiger charge is 2.20. The summed E-state index contributed by atoms with van der Waals surface area (Å²) in [7, 11) is 0. The van der Waals surface area contributed by atoms with Crippen molar-refractivity contribution in [2.45, 2.75) is 334 Å². The zero-order chi connectivity index (χ0) is 49.3. The van der Waals surface area contributed by atoms with E-state index in [0.717, 1.165) is 51.4 Å². The van der Waals surface area contributed by atoms with Crippen LogP contribution in [-0.4, -0.2) is 47.4 Å². The molecule has 6 nitrogen and oxygen atoms in total. The minimum absolute atomic E-state index is 0.00544. The van der Waals surface area contributed by atoms with Crippen molar-refractivity contribution in [3.63, 3.8) is 0 Å². The van der Waals surface area contributed by atoms with E-state index in [-0.39, 0.29) is 18.5 Å². The van der Waals surface area contributed by atoms with Crippen LogP contribution in [0, 0.1) is 0 Å². The molecule has 3 N–H and O–H groups in total. The van der Waals surface area contributed by atoms with E-state index in [1.54, 1.807) is 0 Å². The zero-order valence-corrected chi connectivity index (χ0v) is 45.6. The molecule has 0 aromatic heterocycles. The Bertz CT molecular complexity index is 1100. The number of ether oxygens (including phenoxy) is 1. The van der Waals surface area contributed by atoms with Crippen LogP contribution in [0.15, 0.2) is 36.5 Å². The molecule has 0 bridgehead atoms. The van der Waals surface area contributed by atoms with Gasteiger partial charge in [0.2, 0.25) is 5.91 Å². The highest BCUT2D eigenvalue weighted by Crippen LogP contribution is 2.17. The number of aliphatic hydroxyl groups is 2. The maximum Gasteiger partial charge on any atom is 0.305 e. The van der Waals surface area contributed by atoms with E-state index in [1.807, 2.05) is 0 Å². The highest BCUT2D eigenvalue weighted by molar-refractivity contribution is 5.76. The van der Waals surface area contributed by atoms with Crippen LogP contribution in [0.3, 0.4) is 0 Å². The van der Waals surface area contributed by atoms with Gasteiger partial charge >= 0.3 is 5.97 Å². The molecular weight excluding hydrogens is 839 g/mol. The first kappa shape index (κ1) is 66.1. The van der Waals surface area contributed by atoms with Crippen molar-refractivity contribution in [2.75, 3.05) is 13.2 Å². The van der Waals surface area contributed by atoms with E-state index in [9.17, 15) is 19.8 Å². The summed E-state index contributed by atoms with van der Waals surface area (Å²) in [5, 5.41) is 23.3. The Hall–Kier alpha value is -1.92. The molecule has 0 aromatic rings. The standard InChI is InChI=1S/C62H117NO5/c1-3-5-7-9-11-13-15-17-18-27-31-34-38-42-46-50-54-60(65)59(58-64)63-61(66)55-51-47-43-39-35-32-28-25-23-21-19-20-22-24-26-29-33-37-41-45-49-53-57-68-62(67)56-52-48-44-40-36-30-16-14-12-10-8-6-4-2/h8,10,14,16,21,23,59-60,64-65H,3-7,9,11-13,15,17-20,22,24-58H2,1-2H3,(H,63,66)/b10-8-,16-14-,23-21-. The maximum absolute atomic E-state index is 12.5. The van der Waals surface area contributed by atoms with Crippen molar-refractivity contribution >= 4 is 11.9 Å². The van der Waals surface area contributed by atoms with Gasteiger partial charge in [0.25, 0.3) is 0 Å². The smallest absolute Gasteiger partial charge is 0.305 e. The number of esters is 1. The molecular formula is C62H117NO5. The molecule has 2 unspecified atom stereocenters. The third-order valence-electron chi connectivity index (χ3n) is 13.9. The van der Waals surface area contributed by atoms with Gasteiger partial charge < -0.3 is 20.3 Å². The van der Waals surface area contributed by atoms with E-state index < -0.39 is 12.1 Å². The first-order valence-electron chi connectivity index (χ1n) is 30.2. The average molecular weight is 957 g/mol. The molecule has 0 radical (unpaired) electrons. The molecule has 0 spiro atoms. The number of hydrogen-bond donors (Lipinski definition) is 3. The number of amides is 1. The molecule has 0 aliphatic heterocycles. The zero-order valence-electron chi connectivity index (χ0n) is 45.6. The fraction of sp³-hybridized carbons (Fsp3) is 0.871. The van der Waals surface area contributed by atoms with Gasteiger partial charge in [-0.15, -0.1) is 0 Å². The average Bonchev–Trinajstić information content (AvgIpc) is 3.34. The minimum atomic E-state index is -0.669. The van der Waals surface area contributed by atoms with E-state index in [1.165, 1.54) is 238 Å². The summed E-state index contributed by atoms with van der Waals surface area (Å²) in [5.41, 5.74) is 0. The van der Waals surface area contributed by atoms with Crippen LogP contribution in [0.4, 0.5) is 0 Å². The van der Waals surface area contributed by atoms with Gasteiger partial charge in [0.05, 0.1) is 25.4 Å². The lowest BCUT2D eigenvalue weighted by Crippen LogP contribution is -2.45. The summed E-state index contributed by atoms with van der Waals surface area (Å²) in [6.45, 7) is 4.89. The third kappa shape index (κ3) is 53.4. The van der Waals surface area contributed by atoms with Crippen LogP contribution in [0.1, 0.15) is 322 Å². The summed E-state index contributed by atoms with van der Waals surface area (Å²) in [6.07, 6.45) is 71.4. The number of carbonyl (C=O) groups is 2. The Labute approximate surface area is 424 Å². The van der Waals surface area contributed by atoms with Gasteiger partial charge in [0.1, 0.15) is 0 Å². The Morgan fingerprint density at radius 1 is 0.412 bits per heavy atom. The Morgan fingerprint density at radius 2 is 0.765 bits per heavy atom. The van der Waals surface area contributed by atoms with Gasteiger partial charge in [-0.1, -0.05) is 269 Å². The molecule has 0 saturated heterocycles. The van der Waals surface area contributed by atoms with Gasteiger partial charge in [-0.2, -0.15) is 0 Å². The number of aliphatic hydroxyl groups excluding tert-OH is 2. The molecule has 0 fully saturated rings. The Kier molecular flexibility index (Phi) is 56.0. The normalized spacial score (nSPS) is 12.8. The first-order chi connectivity index (χ1) is 33.5. The number of carbonyl (C=O) groups excluding carboxylic acids is 2. The molecule has 0 rings (SSSR count). The molecule has 400 valence electrons. The van der Waals surface area contributed by atoms with E-state index in [2.05, 4.69) is 55.6 Å². The van der Waals surface area contributed by atoms with Crippen molar-refractivity contribution < 1.29 is 24.5 Å². The van der Waals surface area contributed by atoms with Crippen LogP contribution in [0.25, 0.3) is 0 Å². The van der Waals surface area contributed by atoms with Crippen molar-refractivity contribution in [3.8, 4) is 0 Å². The van der Waals surface area contributed by atoms with Crippen LogP contribution in [-0.2, 0) is 14.3 Å². The molecule has 68 heavy (non-hydrogen) atoms. The lowest BCUT2D eigenvalue weighted by Gasteiger charge is -2.22. The number of unbranched alkanes of at least 4 members (excludes halogenated alkanes) is 39. The topological polar surface area (TPSA) is 95.9 Å². The predicted octanol–water partition coefficient (Wildman–Crippen LogP) is 18.8. The first-order valence-corrected chi connectivity index (χ1v) is 30.2. The fourth-order valence-corrected chi connectivity index (χ4v) is 9.26. The minimum Gasteiger partial charge on any atom is -0.466 e. The summed E-state index contributed by atoms with van der Waals surface area (Å²) in [6, 6.07) is -0.547. The third-order valence-corrected chi connectivity index (χ3v) is 13.9. The van der Waals surface area contributed by atoms with Crippen molar-refractivity contribution in [3.05, 3.63) is 36.5 Å². The van der Waals surface area contributed by atoms with Crippen LogP contribution >= 0.6 is 0 Å². The number of rotatable bonds is 56. The Balaban J connectivity index is 3.43. The molecule has 2 atom stereocenters. The Morgan fingerprint density at radius 3 is 1.19 bits per heavy atom. The van der Waals surface area contributed by atoms with E-state index >= 15 is 0 Å². The molecule has 0 aliphatic carbocycles. The SMILES string of the molecule is CCC/C=C\C/C=C\CCCCCCCC(=O)OCCCCCCCCCCCCC/C=C\CCCCCCCCCC(=O)NC(CO)C(O)CCCCCCCCCCCCCCCCCC. The molecule has 0 saturated carbocycles. The van der Waals surface area contributed by atoms with E-state index in [0.29, 0.717) is 25.9 Å². The van der Waals surface area contributed by atoms with Gasteiger partial charge in [0, 0.05) is 12.8 Å².